The van der Waals surface area contributed by atoms with Gasteiger partial charge in [0.15, 0.2) is 0 Å². The summed E-state index contributed by atoms with van der Waals surface area (Å²) in [4.78, 5) is 0. The maximum atomic E-state index is 5.77. The lowest BCUT2D eigenvalue weighted by molar-refractivity contribution is -0.0359. The Kier molecular flexibility index (Phi) is 11.9. The topological polar surface area (TPSA) is 46.2 Å². The van der Waals surface area contributed by atoms with E-state index in [1.165, 1.54) is 0 Å². The predicted molar refractivity (Wildman–Crippen MR) is 76.0 cm³/mol. The van der Waals surface area contributed by atoms with E-state index in [0.717, 1.165) is 11.5 Å². The van der Waals surface area contributed by atoms with Gasteiger partial charge in [-0.05, 0) is 5.75 Å². The van der Waals surface area contributed by atoms with Crippen molar-refractivity contribution in [1.29, 1.82) is 0 Å². The molecule has 0 amide bonds. The van der Waals surface area contributed by atoms with Crippen LogP contribution < -0.4 is 0 Å². The lowest BCUT2D eigenvalue weighted by Gasteiger charge is -2.17. The van der Waals surface area contributed by atoms with E-state index in [2.05, 4.69) is 6.92 Å². The van der Waals surface area contributed by atoms with E-state index in [4.69, 9.17) is 23.7 Å². The number of hydrogen-bond donors (Lipinski definition) is 0. The summed E-state index contributed by atoms with van der Waals surface area (Å²) in [5.74, 6) is 2.05. The van der Waals surface area contributed by atoms with Gasteiger partial charge in [0.25, 0.3) is 0 Å². The molecule has 0 radical (unpaired) electrons. The first-order chi connectivity index (χ1) is 9.43. The highest BCUT2D eigenvalue weighted by Gasteiger charge is 2.09. The van der Waals surface area contributed by atoms with Crippen LogP contribution in [-0.2, 0) is 23.7 Å². The summed E-state index contributed by atoms with van der Waals surface area (Å²) in [6.07, 6.45) is 0.134. The average Bonchev–Trinajstić information content (AvgIpc) is 2.44. The molecule has 0 aliphatic carbocycles. The summed E-state index contributed by atoms with van der Waals surface area (Å²) in [7, 11) is 0. The van der Waals surface area contributed by atoms with Gasteiger partial charge >= 0.3 is 0 Å². The molecule has 1 heterocycles. The van der Waals surface area contributed by atoms with Crippen LogP contribution in [0.5, 0.6) is 0 Å². The van der Waals surface area contributed by atoms with Crippen LogP contribution in [0.4, 0.5) is 0 Å². The van der Waals surface area contributed by atoms with Crippen LogP contribution in [0.15, 0.2) is 0 Å². The average molecular weight is 294 g/mol. The fourth-order valence-corrected chi connectivity index (χ4v) is 2.23. The third-order valence-electron chi connectivity index (χ3n) is 2.51. The second kappa shape index (κ2) is 13.1. The highest BCUT2D eigenvalue weighted by atomic mass is 32.2. The summed E-state index contributed by atoms with van der Waals surface area (Å²) in [5.41, 5.74) is 0. The standard InChI is InChI=1S/C13H26O5S/c1-2-19-12-13-11-17-8-7-15-4-3-14-5-6-16-9-10-18-13/h13H,2-12H2,1H3. The van der Waals surface area contributed by atoms with Crippen LogP contribution in [0.3, 0.4) is 0 Å². The smallest absolute Gasteiger partial charge is 0.0899 e. The van der Waals surface area contributed by atoms with E-state index in [0.29, 0.717) is 59.5 Å². The van der Waals surface area contributed by atoms with Crippen molar-refractivity contribution in [2.75, 3.05) is 71.0 Å². The summed E-state index contributed by atoms with van der Waals surface area (Å²) >= 11 is 1.87. The van der Waals surface area contributed by atoms with Gasteiger partial charge in [-0.1, -0.05) is 6.92 Å². The molecule has 1 atom stereocenters. The Hall–Kier alpha value is 0.150. The molecule has 1 saturated heterocycles. The first-order valence-electron chi connectivity index (χ1n) is 6.93. The molecular formula is C13H26O5S. The van der Waals surface area contributed by atoms with Crippen LogP contribution in [0.25, 0.3) is 0 Å². The molecule has 1 fully saturated rings. The molecule has 1 aliphatic heterocycles. The Morgan fingerprint density at radius 3 is 1.89 bits per heavy atom. The molecule has 0 saturated carbocycles. The van der Waals surface area contributed by atoms with Gasteiger partial charge in [0.05, 0.1) is 65.6 Å². The van der Waals surface area contributed by atoms with Crippen LogP contribution in [0.2, 0.25) is 0 Å². The molecule has 0 aromatic rings. The fourth-order valence-electron chi connectivity index (χ4n) is 1.54. The van der Waals surface area contributed by atoms with Gasteiger partial charge in [-0.15, -0.1) is 0 Å². The number of thioether (sulfide) groups is 1. The minimum Gasteiger partial charge on any atom is -0.377 e. The molecule has 0 bridgehead atoms. The van der Waals surface area contributed by atoms with Gasteiger partial charge in [-0.3, -0.25) is 0 Å². The van der Waals surface area contributed by atoms with Crippen molar-refractivity contribution in [2.45, 2.75) is 13.0 Å². The minimum absolute atomic E-state index is 0.134. The van der Waals surface area contributed by atoms with E-state index in [9.17, 15) is 0 Å². The van der Waals surface area contributed by atoms with Crippen LogP contribution in [0, 0.1) is 0 Å². The van der Waals surface area contributed by atoms with Gasteiger partial charge < -0.3 is 23.7 Å². The molecule has 0 spiro atoms. The quantitative estimate of drug-likeness (QED) is 0.779. The zero-order valence-corrected chi connectivity index (χ0v) is 12.6. The zero-order chi connectivity index (χ0) is 13.6. The second-order valence-corrected chi connectivity index (χ2v) is 5.38. The van der Waals surface area contributed by atoms with Crippen molar-refractivity contribution < 1.29 is 23.7 Å². The van der Waals surface area contributed by atoms with Crippen molar-refractivity contribution in [3.63, 3.8) is 0 Å². The largest absolute Gasteiger partial charge is 0.377 e. The molecule has 0 aromatic heterocycles. The first kappa shape index (κ1) is 17.2. The molecule has 5 nitrogen and oxygen atoms in total. The second-order valence-electron chi connectivity index (χ2n) is 4.06. The third-order valence-corrected chi connectivity index (χ3v) is 3.52. The van der Waals surface area contributed by atoms with Crippen LogP contribution in [-0.4, -0.2) is 77.1 Å². The van der Waals surface area contributed by atoms with Gasteiger partial charge in [0, 0.05) is 5.75 Å². The Balaban J connectivity index is 2.21. The molecule has 114 valence electrons. The summed E-state index contributed by atoms with van der Waals surface area (Å²) in [6, 6.07) is 0. The molecule has 0 N–H and O–H groups in total. The lowest BCUT2D eigenvalue weighted by atomic mass is 10.4. The van der Waals surface area contributed by atoms with Crippen molar-refractivity contribution in [3.05, 3.63) is 0 Å². The first-order valence-corrected chi connectivity index (χ1v) is 8.09. The van der Waals surface area contributed by atoms with Crippen molar-refractivity contribution in [3.8, 4) is 0 Å². The Labute approximate surface area is 120 Å². The Morgan fingerprint density at radius 2 is 1.32 bits per heavy atom. The van der Waals surface area contributed by atoms with Gasteiger partial charge in [-0.2, -0.15) is 11.8 Å². The SMILES string of the molecule is CCSCC1COCCOCCOCCOCCO1. The van der Waals surface area contributed by atoms with Gasteiger partial charge in [-0.25, -0.2) is 0 Å². The monoisotopic (exact) mass is 294 g/mol. The van der Waals surface area contributed by atoms with Crippen molar-refractivity contribution in [1.82, 2.24) is 0 Å². The number of ether oxygens (including phenoxy) is 5. The number of rotatable bonds is 3. The van der Waals surface area contributed by atoms with E-state index >= 15 is 0 Å². The summed E-state index contributed by atoms with van der Waals surface area (Å²) in [6.45, 7) is 7.61. The van der Waals surface area contributed by atoms with Crippen LogP contribution in [0.1, 0.15) is 6.92 Å². The molecule has 6 heteroatoms. The highest BCUT2D eigenvalue weighted by Crippen LogP contribution is 2.06. The van der Waals surface area contributed by atoms with E-state index in [1.54, 1.807) is 0 Å². The van der Waals surface area contributed by atoms with Crippen molar-refractivity contribution >= 4 is 11.8 Å². The molecule has 19 heavy (non-hydrogen) atoms. The fraction of sp³-hybridized carbons (Fsp3) is 1.00. The normalized spacial score (nSPS) is 25.4. The maximum absolute atomic E-state index is 5.77. The zero-order valence-electron chi connectivity index (χ0n) is 11.8. The molecule has 1 rings (SSSR count). The third kappa shape index (κ3) is 10.6. The van der Waals surface area contributed by atoms with Crippen molar-refractivity contribution in [2.24, 2.45) is 0 Å². The maximum Gasteiger partial charge on any atom is 0.0899 e. The molecular weight excluding hydrogens is 268 g/mol. The van der Waals surface area contributed by atoms with Gasteiger partial charge in [0.2, 0.25) is 0 Å². The predicted octanol–water partition coefficient (Wildman–Crippen LogP) is 1.20. The van der Waals surface area contributed by atoms with E-state index < -0.39 is 0 Å². The highest BCUT2D eigenvalue weighted by molar-refractivity contribution is 7.99. The summed E-state index contributed by atoms with van der Waals surface area (Å²) < 4.78 is 27.5. The number of hydrogen-bond acceptors (Lipinski definition) is 6. The van der Waals surface area contributed by atoms with E-state index in [1.807, 2.05) is 11.8 Å². The van der Waals surface area contributed by atoms with Crippen LogP contribution >= 0.6 is 11.8 Å². The Morgan fingerprint density at radius 1 is 0.789 bits per heavy atom. The molecule has 1 aliphatic rings. The lowest BCUT2D eigenvalue weighted by Crippen LogP contribution is -2.25. The molecule has 1 unspecified atom stereocenters. The van der Waals surface area contributed by atoms with E-state index in [-0.39, 0.29) is 6.10 Å². The summed E-state index contributed by atoms with van der Waals surface area (Å²) in [5, 5.41) is 0. The molecule has 0 aromatic carbocycles. The Bertz CT molecular complexity index is 178. The minimum atomic E-state index is 0.134. The van der Waals surface area contributed by atoms with Gasteiger partial charge in [0.1, 0.15) is 0 Å².